The lowest BCUT2D eigenvalue weighted by molar-refractivity contribution is -0.139. The zero-order valence-electron chi connectivity index (χ0n) is 9.77. The third-order valence-corrected chi connectivity index (χ3v) is 3.21. The maximum atomic E-state index is 11.0. The number of ether oxygens (including phenoxy) is 2. The minimum atomic E-state index is -1.13. The van der Waals surface area contributed by atoms with E-state index in [0.717, 1.165) is 5.56 Å². The topological polar surface area (TPSA) is 81.8 Å². The van der Waals surface area contributed by atoms with Crippen LogP contribution in [0.25, 0.3) is 0 Å². The number of carboxylic acids is 1. The Kier molecular flexibility index (Phi) is 2.71. The Morgan fingerprint density at radius 3 is 2.53 bits per heavy atom. The van der Waals surface area contributed by atoms with Crippen LogP contribution in [0.1, 0.15) is 17.9 Å². The third-order valence-electron chi connectivity index (χ3n) is 3.21. The summed E-state index contributed by atoms with van der Waals surface area (Å²) in [6, 6.07) is 5.36. The Morgan fingerprint density at radius 2 is 2.06 bits per heavy atom. The van der Waals surface area contributed by atoms with Crippen molar-refractivity contribution in [2.24, 2.45) is 5.73 Å². The molecule has 1 aliphatic rings. The standard InChI is InChI=1S/C12H15NO4/c1-16-9-4-3-7(5-10(9)17-2)8-6-12(8,13)11(14)15/h3-5,8H,6,13H2,1-2H3,(H,14,15)/t8-,12+/m0/s1. The summed E-state index contributed by atoms with van der Waals surface area (Å²) in [5.74, 6) is 0.0941. The molecule has 0 amide bonds. The Balaban J connectivity index is 2.28. The molecule has 5 nitrogen and oxygen atoms in total. The lowest BCUT2D eigenvalue weighted by Gasteiger charge is -2.10. The molecule has 0 aliphatic heterocycles. The van der Waals surface area contributed by atoms with E-state index < -0.39 is 11.5 Å². The smallest absolute Gasteiger partial charge is 0.324 e. The molecule has 0 heterocycles. The minimum absolute atomic E-state index is 0.153. The van der Waals surface area contributed by atoms with Crippen LogP contribution in [0.4, 0.5) is 0 Å². The van der Waals surface area contributed by atoms with Gasteiger partial charge in [0, 0.05) is 5.92 Å². The molecule has 1 aromatic rings. The van der Waals surface area contributed by atoms with E-state index in [1.165, 1.54) is 0 Å². The van der Waals surface area contributed by atoms with Crippen molar-refractivity contribution in [1.29, 1.82) is 0 Å². The lowest BCUT2D eigenvalue weighted by atomic mass is 10.1. The third kappa shape index (κ3) is 1.82. The van der Waals surface area contributed by atoms with Gasteiger partial charge in [-0.15, -0.1) is 0 Å². The Morgan fingerprint density at radius 1 is 1.41 bits per heavy atom. The summed E-state index contributed by atoms with van der Waals surface area (Å²) >= 11 is 0. The van der Waals surface area contributed by atoms with Crippen LogP contribution in [0.5, 0.6) is 11.5 Å². The first kappa shape index (κ1) is 11.7. The van der Waals surface area contributed by atoms with E-state index in [9.17, 15) is 4.79 Å². The highest BCUT2D eigenvalue weighted by Crippen LogP contribution is 2.50. The fourth-order valence-electron chi connectivity index (χ4n) is 2.00. The van der Waals surface area contributed by atoms with Crippen LogP contribution in [0, 0.1) is 0 Å². The van der Waals surface area contributed by atoms with Crippen LogP contribution in [-0.4, -0.2) is 30.8 Å². The number of carbonyl (C=O) groups is 1. The number of nitrogens with two attached hydrogens (primary N) is 1. The molecule has 1 aliphatic carbocycles. The number of benzene rings is 1. The van der Waals surface area contributed by atoms with Gasteiger partial charge in [-0.05, 0) is 24.1 Å². The van der Waals surface area contributed by atoms with Crippen molar-refractivity contribution in [3.63, 3.8) is 0 Å². The fraction of sp³-hybridized carbons (Fsp3) is 0.417. The number of carboxylic acid groups (broad SMARTS) is 1. The van der Waals surface area contributed by atoms with E-state index in [2.05, 4.69) is 0 Å². The highest BCUT2D eigenvalue weighted by Gasteiger charge is 2.58. The molecular formula is C12H15NO4. The van der Waals surface area contributed by atoms with Crippen molar-refractivity contribution in [2.45, 2.75) is 17.9 Å². The first-order valence-corrected chi connectivity index (χ1v) is 5.27. The normalized spacial score (nSPS) is 26.4. The molecule has 0 unspecified atom stereocenters. The second kappa shape index (κ2) is 3.92. The van der Waals surface area contributed by atoms with Crippen molar-refractivity contribution < 1.29 is 19.4 Å². The van der Waals surface area contributed by atoms with E-state index in [0.29, 0.717) is 17.9 Å². The van der Waals surface area contributed by atoms with Crippen LogP contribution in [0.3, 0.4) is 0 Å². The van der Waals surface area contributed by atoms with Crippen molar-refractivity contribution in [3.05, 3.63) is 23.8 Å². The molecule has 1 fully saturated rings. The molecule has 0 bridgehead atoms. The predicted molar refractivity (Wildman–Crippen MR) is 61.5 cm³/mol. The second-order valence-electron chi connectivity index (χ2n) is 4.22. The molecule has 0 radical (unpaired) electrons. The number of methoxy groups -OCH3 is 2. The lowest BCUT2D eigenvalue weighted by Crippen LogP contribution is -2.34. The van der Waals surface area contributed by atoms with Crippen LogP contribution in [0.2, 0.25) is 0 Å². The Hall–Kier alpha value is -1.75. The average molecular weight is 237 g/mol. The van der Waals surface area contributed by atoms with Gasteiger partial charge < -0.3 is 20.3 Å². The molecule has 5 heteroatoms. The Labute approximate surface area is 99.1 Å². The fourth-order valence-corrected chi connectivity index (χ4v) is 2.00. The molecule has 3 N–H and O–H groups in total. The van der Waals surface area contributed by atoms with E-state index in [4.69, 9.17) is 20.3 Å². The molecule has 0 spiro atoms. The SMILES string of the molecule is COc1ccc([C@@H]2C[C@]2(N)C(=O)O)cc1OC. The van der Waals surface area contributed by atoms with Crippen molar-refractivity contribution in [1.82, 2.24) is 0 Å². The minimum Gasteiger partial charge on any atom is -0.493 e. The largest absolute Gasteiger partial charge is 0.493 e. The van der Waals surface area contributed by atoms with E-state index in [1.807, 2.05) is 6.07 Å². The van der Waals surface area contributed by atoms with Gasteiger partial charge in [0.05, 0.1) is 14.2 Å². The van der Waals surface area contributed by atoms with Gasteiger partial charge in [-0.2, -0.15) is 0 Å². The second-order valence-corrected chi connectivity index (χ2v) is 4.22. The number of aliphatic carboxylic acids is 1. The van der Waals surface area contributed by atoms with E-state index in [-0.39, 0.29) is 5.92 Å². The average Bonchev–Trinajstić information content (AvgIpc) is 3.02. The predicted octanol–water partition coefficient (Wildman–Crippen LogP) is 0.973. The molecule has 92 valence electrons. The summed E-state index contributed by atoms with van der Waals surface area (Å²) in [6.45, 7) is 0. The number of hydrogen-bond donors (Lipinski definition) is 2. The van der Waals surface area contributed by atoms with Gasteiger partial charge in [-0.25, -0.2) is 0 Å². The van der Waals surface area contributed by atoms with Crippen LogP contribution < -0.4 is 15.2 Å². The van der Waals surface area contributed by atoms with Gasteiger partial charge in [0.2, 0.25) is 0 Å². The van der Waals surface area contributed by atoms with Crippen molar-refractivity contribution in [3.8, 4) is 11.5 Å². The summed E-state index contributed by atoms with van der Waals surface area (Å²) < 4.78 is 10.3. The zero-order valence-corrected chi connectivity index (χ0v) is 9.77. The molecule has 17 heavy (non-hydrogen) atoms. The molecule has 1 saturated carbocycles. The first-order chi connectivity index (χ1) is 8.02. The summed E-state index contributed by atoms with van der Waals surface area (Å²) in [5, 5.41) is 8.99. The highest BCUT2D eigenvalue weighted by molar-refractivity contribution is 5.85. The molecular weight excluding hydrogens is 222 g/mol. The Bertz CT molecular complexity index is 460. The van der Waals surface area contributed by atoms with Gasteiger partial charge in [-0.3, -0.25) is 4.79 Å². The number of hydrogen-bond acceptors (Lipinski definition) is 4. The molecule has 0 aromatic heterocycles. The quantitative estimate of drug-likeness (QED) is 0.815. The summed E-state index contributed by atoms with van der Waals surface area (Å²) in [4.78, 5) is 11.0. The maximum absolute atomic E-state index is 11.0. The first-order valence-electron chi connectivity index (χ1n) is 5.27. The highest BCUT2D eigenvalue weighted by atomic mass is 16.5. The maximum Gasteiger partial charge on any atom is 0.324 e. The monoisotopic (exact) mass is 237 g/mol. The van der Waals surface area contributed by atoms with Crippen molar-refractivity contribution >= 4 is 5.97 Å². The van der Waals surface area contributed by atoms with Gasteiger partial charge >= 0.3 is 5.97 Å². The molecule has 1 aromatic carbocycles. The summed E-state index contributed by atoms with van der Waals surface area (Å²) in [5.41, 5.74) is 5.50. The molecule has 2 atom stereocenters. The van der Waals surface area contributed by atoms with E-state index >= 15 is 0 Å². The zero-order chi connectivity index (χ0) is 12.6. The van der Waals surface area contributed by atoms with E-state index in [1.54, 1.807) is 26.4 Å². The molecule has 2 rings (SSSR count). The number of rotatable bonds is 4. The van der Waals surface area contributed by atoms with Gasteiger partial charge in [0.25, 0.3) is 0 Å². The summed E-state index contributed by atoms with van der Waals surface area (Å²) in [6.07, 6.45) is 0.456. The van der Waals surface area contributed by atoms with Crippen molar-refractivity contribution in [2.75, 3.05) is 14.2 Å². The van der Waals surface area contributed by atoms with Gasteiger partial charge in [0.1, 0.15) is 5.54 Å². The van der Waals surface area contributed by atoms with Crippen LogP contribution in [-0.2, 0) is 4.79 Å². The van der Waals surface area contributed by atoms with Gasteiger partial charge in [-0.1, -0.05) is 6.07 Å². The van der Waals surface area contributed by atoms with Gasteiger partial charge in [0.15, 0.2) is 11.5 Å². The summed E-state index contributed by atoms with van der Waals surface area (Å²) in [7, 11) is 3.10. The van der Waals surface area contributed by atoms with Crippen LogP contribution >= 0.6 is 0 Å². The van der Waals surface area contributed by atoms with Crippen LogP contribution in [0.15, 0.2) is 18.2 Å². The molecule has 0 saturated heterocycles.